The summed E-state index contributed by atoms with van der Waals surface area (Å²) in [6.45, 7) is 0. The first-order valence-electron chi connectivity index (χ1n) is 5.78. The topological polar surface area (TPSA) is 64.9 Å². The van der Waals surface area contributed by atoms with Gasteiger partial charge in [-0.05, 0) is 35.9 Å². The minimum Gasteiger partial charge on any atom is -0.367 e. The van der Waals surface area contributed by atoms with Gasteiger partial charge in [-0.2, -0.15) is 0 Å². The molecule has 0 bridgehead atoms. The molecule has 20 heavy (non-hydrogen) atoms. The number of nitrogens with zero attached hydrogens (tertiary/aromatic N) is 2. The molecule has 4 nitrogen and oxygen atoms in total. The predicted octanol–water partition coefficient (Wildman–Crippen LogP) is 3.89. The highest BCUT2D eigenvalue weighted by Crippen LogP contribution is 2.38. The lowest BCUT2D eigenvalue weighted by atomic mass is 10.0. The minimum absolute atomic E-state index is 0.183. The molecule has 100 valence electrons. The summed E-state index contributed by atoms with van der Waals surface area (Å²) in [6.07, 6.45) is 3.29. The molecule has 0 saturated heterocycles. The van der Waals surface area contributed by atoms with Gasteiger partial charge in [0.25, 0.3) is 0 Å². The fourth-order valence-electron chi connectivity index (χ4n) is 1.96. The molecule has 0 aliphatic carbocycles. The molecule has 2 aromatic heterocycles. The molecule has 0 fully saturated rings. The summed E-state index contributed by atoms with van der Waals surface area (Å²) >= 11 is 3.38. The third-order valence-corrected chi connectivity index (χ3v) is 3.56. The molecule has 2 heterocycles. The lowest BCUT2D eigenvalue weighted by molar-refractivity contribution is 0.439. The Labute approximate surface area is 122 Å². The maximum Gasteiger partial charge on any atom is 0.230 e. The first-order chi connectivity index (χ1) is 9.66. The van der Waals surface area contributed by atoms with E-state index in [-0.39, 0.29) is 11.7 Å². The number of pyridine rings is 1. The van der Waals surface area contributed by atoms with Gasteiger partial charge in [-0.15, -0.1) is 0 Å². The van der Waals surface area contributed by atoms with Crippen LogP contribution in [0.4, 0.5) is 10.3 Å². The fraction of sp³-hybridized carbons (Fsp3) is 0. The Hall–Kier alpha value is -2.21. The van der Waals surface area contributed by atoms with Crippen molar-refractivity contribution >= 4 is 21.8 Å². The highest BCUT2D eigenvalue weighted by atomic mass is 79.9. The molecule has 2 N–H and O–H groups in total. The standard InChI is InChI=1S/C14H9BrFN3O/c15-11-2-1-9(16)7-10(11)13-12(14(17)20-19-13)8-3-5-18-6-4-8/h1-7H,17H2. The molecule has 3 rings (SSSR count). The van der Waals surface area contributed by atoms with E-state index in [2.05, 4.69) is 26.1 Å². The van der Waals surface area contributed by atoms with E-state index in [4.69, 9.17) is 10.3 Å². The highest BCUT2D eigenvalue weighted by Gasteiger charge is 2.19. The summed E-state index contributed by atoms with van der Waals surface area (Å²) in [6, 6.07) is 7.94. The Morgan fingerprint density at radius 3 is 2.65 bits per heavy atom. The van der Waals surface area contributed by atoms with Gasteiger partial charge in [-0.1, -0.05) is 21.1 Å². The minimum atomic E-state index is -0.356. The van der Waals surface area contributed by atoms with Crippen LogP contribution in [0.25, 0.3) is 22.4 Å². The summed E-state index contributed by atoms with van der Waals surface area (Å²) in [7, 11) is 0. The van der Waals surface area contributed by atoms with Crippen LogP contribution in [0, 0.1) is 5.82 Å². The molecule has 0 atom stereocenters. The number of hydrogen-bond donors (Lipinski definition) is 1. The molecule has 0 saturated carbocycles. The number of nitrogens with two attached hydrogens (primary N) is 1. The number of benzene rings is 1. The number of nitrogen functional groups attached to an aromatic ring is 1. The maximum atomic E-state index is 13.5. The van der Waals surface area contributed by atoms with Crippen molar-refractivity contribution < 1.29 is 8.91 Å². The molecule has 6 heteroatoms. The fourth-order valence-corrected chi connectivity index (χ4v) is 2.40. The maximum absolute atomic E-state index is 13.5. The Bertz CT molecular complexity index is 758. The van der Waals surface area contributed by atoms with Crippen molar-refractivity contribution in [1.29, 1.82) is 0 Å². The van der Waals surface area contributed by atoms with E-state index in [1.165, 1.54) is 12.1 Å². The van der Waals surface area contributed by atoms with E-state index >= 15 is 0 Å². The van der Waals surface area contributed by atoms with Crippen molar-refractivity contribution in [3.05, 3.63) is 53.0 Å². The normalized spacial score (nSPS) is 10.7. The van der Waals surface area contributed by atoms with Gasteiger partial charge in [0.05, 0.1) is 5.56 Å². The van der Waals surface area contributed by atoms with Crippen LogP contribution in [-0.4, -0.2) is 10.1 Å². The monoisotopic (exact) mass is 333 g/mol. The molecule has 0 amide bonds. The third kappa shape index (κ3) is 2.18. The van der Waals surface area contributed by atoms with E-state index in [1.807, 2.05) is 0 Å². The summed E-state index contributed by atoms with van der Waals surface area (Å²) in [5, 5.41) is 3.95. The Morgan fingerprint density at radius 2 is 1.90 bits per heavy atom. The molecular weight excluding hydrogens is 325 g/mol. The van der Waals surface area contributed by atoms with Crippen molar-refractivity contribution in [2.24, 2.45) is 0 Å². The summed E-state index contributed by atoms with van der Waals surface area (Å²) in [5.74, 6) is -0.173. The second-order valence-electron chi connectivity index (χ2n) is 4.13. The Kier molecular flexibility index (Phi) is 3.23. The van der Waals surface area contributed by atoms with Gasteiger partial charge in [-0.3, -0.25) is 4.98 Å². The third-order valence-electron chi connectivity index (χ3n) is 2.87. The second kappa shape index (κ2) is 5.05. The van der Waals surface area contributed by atoms with Gasteiger partial charge >= 0.3 is 0 Å². The zero-order chi connectivity index (χ0) is 14.1. The molecule has 0 spiro atoms. The molecule has 0 radical (unpaired) electrons. The van der Waals surface area contributed by atoms with Crippen LogP contribution in [-0.2, 0) is 0 Å². The van der Waals surface area contributed by atoms with Crippen LogP contribution in [0.2, 0.25) is 0 Å². The lowest BCUT2D eigenvalue weighted by Crippen LogP contribution is -1.89. The van der Waals surface area contributed by atoms with Crippen molar-refractivity contribution in [2.45, 2.75) is 0 Å². The van der Waals surface area contributed by atoms with Crippen molar-refractivity contribution in [3.63, 3.8) is 0 Å². The Balaban J connectivity index is 2.24. The summed E-state index contributed by atoms with van der Waals surface area (Å²) in [4.78, 5) is 3.96. The highest BCUT2D eigenvalue weighted by molar-refractivity contribution is 9.10. The van der Waals surface area contributed by atoms with Crippen LogP contribution in [0.15, 0.2) is 51.7 Å². The first kappa shape index (κ1) is 12.8. The van der Waals surface area contributed by atoms with Crippen molar-refractivity contribution in [2.75, 3.05) is 5.73 Å². The SMILES string of the molecule is Nc1onc(-c2cc(F)ccc2Br)c1-c1ccncc1. The van der Waals surface area contributed by atoms with E-state index < -0.39 is 0 Å². The van der Waals surface area contributed by atoms with Crippen LogP contribution >= 0.6 is 15.9 Å². The zero-order valence-corrected chi connectivity index (χ0v) is 11.8. The van der Waals surface area contributed by atoms with Crippen LogP contribution in [0.3, 0.4) is 0 Å². The predicted molar refractivity (Wildman–Crippen MR) is 77.2 cm³/mol. The largest absolute Gasteiger partial charge is 0.367 e. The first-order valence-corrected chi connectivity index (χ1v) is 6.57. The lowest BCUT2D eigenvalue weighted by Gasteiger charge is -2.04. The number of rotatable bonds is 2. The van der Waals surface area contributed by atoms with Crippen LogP contribution in [0.5, 0.6) is 0 Å². The van der Waals surface area contributed by atoms with Gasteiger partial charge in [0, 0.05) is 22.4 Å². The van der Waals surface area contributed by atoms with Gasteiger partial charge in [0.1, 0.15) is 11.5 Å². The van der Waals surface area contributed by atoms with Gasteiger partial charge in [0.2, 0.25) is 5.88 Å². The van der Waals surface area contributed by atoms with Crippen LogP contribution in [0.1, 0.15) is 0 Å². The van der Waals surface area contributed by atoms with E-state index in [1.54, 1.807) is 30.6 Å². The summed E-state index contributed by atoms with van der Waals surface area (Å²) in [5.41, 5.74) is 8.34. The van der Waals surface area contributed by atoms with E-state index in [9.17, 15) is 4.39 Å². The molecule has 0 aliphatic heterocycles. The van der Waals surface area contributed by atoms with E-state index in [0.29, 0.717) is 21.3 Å². The van der Waals surface area contributed by atoms with Gasteiger partial charge in [-0.25, -0.2) is 4.39 Å². The van der Waals surface area contributed by atoms with Crippen molar-refractivity contribution in [1.82, 2.24) is 10.1 Å². The van der Waals surface area contributed by atoms with E-state index in [0.717, 1.165) is 5.56 Å². The quantitative estimate of drug-likeness (QED) is 0.772. The van der Waals surface area contributed by atoms with Crippen molar-refractivity contribution in [3.8, 4) is 22.4 Å². The second-order valence-corrected chi connectivity index (χ2v) is 4.98. The Morgan fingerprint density at radius 1 is 1.15 bits per heavy atom. The molecular formula is C14H9BrFN3O. The summed E-state index contributed by atoms with van der Waals surface area (Å²) < 4.78 is 19.2. The number of halogens is 2. The molecule has 0 unspecified atom stereocenters. The smallest absolute Gasteiger partial charge is 0.230 e. The zero-order valence-electron chi connectivity index (χ0n) is 10.2. The average Bonchev–Trinajstić information content (AvgIpc) is 2.84. The molecule has 1 aromatic carbocycles. The molecule has 0 aliphatic rings. The van der Waals surface area contributed by atoms with Crippen LogP contribution < -0.4 is 5.73 Å². The molecule has 3 aromatic rings. The number of aromatic nitrogens is 2. The average molecular weight is 334 g/mol. The van der Waals surface area contributed by atoms with Gasteiger partial charge in [0.15, 0.2) is 0 Å². The number of anilines is 1. The number of hydrogen-bond acceptors (Lipinski definition) is 4. The van der Waals surface area contributed by atoms with Gasteiger partial charge < -0.3 is 10.3 Å².